The number of anilines is 1. The summed E-state index contributed by atoms with van der Waals surface area (Å²) in [4.78, 5) is 4.49. The van der Waals surface area contributed by atoms with E-state index < -0.39 is 0 Å². The molecular weight excluding hydrogens is 250 g/mol. The molecule has 0 bridgehead atoms. The van der Waals surface area contributed by atoms with Crippen LogP contribution in [0.5, 0.6) is 0 Å². The molecular formula is C16H27N3O. The van der Waals surface area contributed by atoms with Gasteiger partial charge < -0.3 is 15.0 Å². The third-order valence-electron chi connectivity index (χ3n) is 4.05. The highest BCUT2D eigenvalue weighted by Gasteiger charge is 2.19. The van der Waals surface area contributed by atoms with Crippen LogP contribution in [0, 0.1) is 0 Å². The lowest BCUT2D eigenvalue weighted by Gasteiger charge is -2.31. The second-order valence-electron chi connectivity index (χ2n) is 5.80. The predicted octanol–water partition coefficient (Wildman–Crippen LogP) is 1.73. The number of ether oxygens (including phenoxy) is 1. The molecule has 0 saturated carbocycles. The van der Waals surface area contributed by atoms with Gasteiger partial charge in [-0.2, -0.15) is 0 Å². The molecule has 1 aromatic carbocycles. The lowest BCUT2D eigenvalue weighted by Crippen LogP contribution is -2.44. The second kappa shape index (κ2) is 7.07. The maximum Gasteiger partial charge on any atom is 0.0826 e. The third kappa shape index (κ3) is 3.95. The van der Waals surface area contributed by atoms with Crippen molar-refractivity contribution in [3.8, 4) is 0 Å². The lowest BCUT2D eigenvalue weighted by atomic mass is 10.1. The summed E-state index contributed by atoms with van der Waals surface area (Å²) >= 11 is 0. The monoisotopic (exact) mass is 277 g/mol. The summed E-state index contributed by atoms with van der Waals surface area (Å²) in [6, 6.07) is 9.20. The highest BCUT2D eigenvalue weighted by atomic mass is 16.5. The van der Waals surface area contributed by atoms with Gasteiger partial charge in [0.2, 0.25) is 0 Å². The largest absolute Gasteiger partial charge is 0.378 e. The Morgan fingerprint density at radius 1 is 1.25 bits per heavy atom. The van der Waals surface area contributed by atoms with E-state index in [-0.39, 0.29) is 0 Å². The van der Waals surface area contributed by atoms with Gasteiger partial charge in [-0.25, -0.2) is 0 Å². The molecule has 4 nitrogen and oxygen atoms in total. The number of hydrogen-bond acceptors (Lipinski definition) is 4. The van der Waals surface area contributed by atoms with E-state index in [4.69, 9.17) is 4.74 Å². The zero-order valence-electron chi connectivity index (χ0n) is 13.1. The summed E-state index contributed by atoms with van der Waals surface area (Å²) in [5.74, 6) is 0. The molecule has 0 radical (unpaired) electrons. The van der Waals surface area contributed by atoms with Gasteiger partial charge in [0.25, 0.3) is 0 Å². The van der Waals surface area contributed by atoms with Crippen molar-refractivity contribution in [2.24, 2.45) is 0 Å². The van der Waals surface area contributed by atoms with Crippen LogP contribution in [-0.4, -0.2) is 58.4 Å². The van der Waals surface area contributed by atoms with E-state index in [0.29, 0.717) is 12.1 Å². The molecule has 1 aliphatic rings. The van der Waals surface area contributed by atoms with Gasteiger partial charge in [-0.15, -0.1) is 0 Å². The van der Waals surface area contributed by atoms with Crippen LogP contribution in [0.2, 0.25) is 0 Å². The molecule has 1 saturated heterocycles. The van der Waals surface area contributed by atoms with Gasteiger partial charge in [-0.05, 0) is 31.7 Å². The minimum Gasteiger partial charge on any atom is -0.378 e. The maximum absolute atomic E-state index is 5.77. The molecule has 1 heterocycles. The molecule has 112 valence electrons. The summed E-state index contributed by atoms with van der Waals surface area (Å²) in [5.41, 5.74) is 2.59. The van der Waals surface area contributed by atoms with Crippen molar-refractivity contribution in [1.82, 2.24) is 10.2 Å². The summed E-state index contributed by atoms with van der Waals surface area (Å²) in [6.07, 6.45) is 0.303. The molecule has 1 fully saturated rings. The molecule has 0 aromatic heterocycles. The van der Waals surface area contributed by atoms with E-state index in [2.05, 4.69) is 67.4 Å². The fourth-order valence-electron chi connectivity index (χ4n) is 2.52. The Kier molecular flexibility index (Phi) is 5.40. The standard InChI is InChI=1S/C16H27N3O/c1-13(14-5-7-15(8-6-14)18(2)3)19(4)12-16-11-17-9-10-20-16/h5-8,13,16-17H,9-12H2,1-4H3. The Balaban J connectivity index is 1.93. The van der Waals surface area contributed by atoms with Gasteiger partial charge in [-0.3, -0.25) is 4.90 Å². The molecule has 20 heavy (non-hydrogen) atoms. The van der Waals surface area contributed by atoms with Crippen LogP contribution in [0.3, 0.4) is 0 Å². The van der Waals surface area contributed by atoms with Gasteiger partial charge in [0.15, 0.2) is 0 Å². The Morgan fingerprint density at radius 2 is 1.95 bits per heavy atom. The van der Waals surface area contributed by atoms with Gasteiger partial charge in [0.05, 0.1) is 12.7 Å². The van der Waals surface area contributed by atoms with Crippen molar-refractivity contribution in [3.05, 3.63) is 29.8 Å². The first kappa shape index (κ1) is 15.3. The third-order valence-corrected chi connectivity index (χ3v) is 4.05. The van der Waals surface area contributed by atoms with Crippen molar-refractivity contribution >= 4 is 5.69 Å². The number of morpholine rings is 1. The summed E-state index contributed by atoms with van der Waals surface area (Å²) in [6.45, 7) is 5.97. The SMILES string of the molecule is CC(c1ccc(N(C)C)cc1)N(C)CC1CNCCO1. The van der Waals surface area contributed by atoms with Crippen LogP contribution in [0.4, 0.5) is 5.69 Å². The van der Waals surface area contributed by atoms with Gasteiger partial charge in [-0.1, -0.05) is 12.1 Å². The number of likely N-dealkylation sites (N-methyl/N-ethyl adjacent to an activating group) is 1. The molecule has 0 amide bonds. The van der Waals surface area contributed by atoms with E-state index >= 15 is 0 Å². The second-order valence-corrected chi connectivity index (χ2v) is 5.80. The van der Waals surface area contributed by atoms with Crippen molar-refractivity contribution in [1.29, 1.82) is 0 Å². The molecule has 0 aliphatic carbocycles. The molecule has 0 spiro atoms. The van der Waals surface area contributed by atoms with Gasteiger partial charge in [0.1, 0.15) is 0 Å². The highest BCUT2D eigenvalue weighted by Crippen LogP contribution is 2.22. The van der Waals surface area contributed by atoms with E-state index in [1.165, 1.54) is 11.3 Å². The van der Waals surface area contributed by atoms with Crippen LogP contribution < -0.4 is 10.2 Å². The first-order chi connectivity index (χ1) is 9.58. The lowest BCUT2D eigenvalue weighted by molar-refractivity contribution is 0.00393. The summed E-state index contributed by atoms with van der Waals surface area (Å²) in [5, 5.41) is 3.38. The minimum atomic E-state index is 0.303. The topological polar surface area (TPSA) is 27.7 Å². The quantitative estimate of drug-likeness (QED) is 0.887. The van der Waals surface area contributed by atoms with Crippen LogP contribution in [0.1, 0.15) is 18.5 Å². The fraction of sp³-hybridized carbons (Fsp3) is 0.625. The number of nitrogens with one attached hydrogen (secondary N) is 1. The van der Waals surface area contributed by atoms with Crippen LogP contribution in [0.25, 0.3) is 0 Å². The molecule has 2 unspecified atom stereocenters. The van der Waals surface area contributed by atoms with E-state index in [9.17, 15) is 0 Å². The van der Waals surface area contributed by atoms with Crippen molar-refractivity contribution in [3.63, 3.8) is 0 Å². The van der Waals surface area contributed by atoms with Crippen LogP contribution in [-0.2, 0) is 4.74 Å². The molecule has 2 atom stereocenters. The van der Waals surface area contributed by atoms with E-state index in [1.807, 2.05) is 0 Å². The zero-order chi connectivity index (χ0) is 14.5. The van der Waals surface area contributed by atoms with Gasteiger partial charge >= 0.3 is 0 Å². The Labute approximate surface area is 122 Å². The number of rotatable bonds is 5. The summed E-state index contributed by atoms with van der Waals surface area (Å²) < 4.78 is 5.77. The molecule has 1 aliphatic heterocycles. The first-order valence-corrected chi connectivity index (χ1v) is 7.38. The average Bonchev–Trinajstić information content (AvgIpc) is 2.47. The van der Waals surface area contributed by atoms with E-state index in [0.717, 1.165) is 26.2 Å². The van der Waals surface area contributed by atoms with E-state index in [1.54, 1.807) is 0 Å². The fourth-order valence-corrected chi connectivity index (χ4v) is 2.52. The molecule has 2 rings (SSSR count). The number of nitrogens with zero attached hydrogens (tertiary/aromatic N) is 2. The number of hydrogen-bond donors (Lipinski definition) is 1. The number of benzene rings is 1. The molecule has 4 heteroatoms. The highest BCUT2D eigenvalue weighted by molar-refractivity contribution is 5.46. The van der Waals surface area contributed by atoms with Crippen LogP contribution in [0.15, 0.2) is 24.3 Å². The van der Waals surface area contributed by atoms with Crippen molar-refractivity contribution < 1.29 is 4.74 Å². The molecule has 1 N–H and O–H groups in total. The maximum atomic E-state index is 5.77. The zero-order valence-corrected chi connectivity index (χ0v) is 13.1. The molecule has 1 aromatic rings. The normalized spacial score (nSPS) is 20.9. The first-order valence-electron chi connectivity index (χ1n) is 7.38. The Morgan fingerprint density at radius 3 is 2.50 bits per heavy atom. The van der Waals surface area contributed by atoms with Crippen LogP contribution >= 0.6 is 0 Å². The Bertz CT molecular complexity index is 399. The summed E-state index contributed by atoms with van der Waals surface area (Å²) in [7, 11) is 6.30. The Hall–Kier alpha value is -1.10. The predicted molar refractivity (Wildman–Crippen MR) is 84.4 cm³/mol. The van der Waals surface area contributed by atoms with Crippen molar-refractivity contribution in [2.45, 2.75) is 19.1 Å². The van der Waals surface area contributed by atoms with Gasteiger partial charge in [0, 0.05) is 45.5 Å². The smallest absolute Gasteiger partial charge is 0.0826 e. The van der Waals surface area contributed by atoms with Crippen molar-refractivity contribution in [2.75, 3.05) is 52.3 Å². The average molecular weight is 277 g/mol. The minimum absolute atomic E-state index is 0.303.